The topological polar surface area (TPSA) is 58.9 Å². The van der Waals surface area contributed by atoms with Gasteiger partial charge in [-0.15, -0.1) is 0 Å². The summed E-state index contributed by atoms with van der Waals surface area (Å²) in [6.45, 7) is 4.41. The number of ether oxygens (including phenoxy) is 2. The van der Waals surface area contributed by atoms with E-state index in [0.717, 1.165) is 24.0 Å². The molecule has 0 aliphatic carbocycles. The third-order valence-corrected chi connectivity index (χ3v) is 4.57. The van der Waals surface area contributed by atoms with Gasteiger partial charge in [0, 0.05) is 0 Å². The van der Waals surface area contributed by atoms with Crippen molar-refractivity contribution in [2.24, 2.45) is 11.8 Å². The highest BCUT2D eigenvalue weighted by Crippen LogP contribution is 2.31. The monoisotopic (exact) mass is 330 g/mol. The highest BCUT2D eigenvalue weighted by molar-refractivity contribution is 5.42. The minimum Gasteiger partial charge on any atom is -0.504 e. The number of hydrogen-bond donors (Lipinski definition) is 2. The minimum atomic E-state index is 0.176. The van der Waals surface area contributed by atoms with Gasteiger partial charge in [0.15, 0.2) is 23.0 Å². The van der Waals surface area contributed by atoms with Crippen molar-refractivity contribution in [1.82, 2.24) is 0 Å². The molecule has 0 radical (unpaired) electrons. The van der Waals surface area contributed by atoms with Gasteiger partial charge in [-0.25, -0.2) is 0 Å². The fourth-order valence-electron chi connectivity index (χ4n) is 2.87. The Morgan fingerprint density at radius 2 is 1.12 bits per heavy atom. The van der Waals surface area contributed by atoms with Crippen LogP contribution >= 0.6 is 0 Å². The summed E-state index contributed by atoms with van der Waals surface area (Å²) in [4.78, 5) is 0. The molecule has 0 saturated carbocycles. The Morgan fingerprint density at radius 1 is 0.750 bits per heavy atom. The molecule has 2 aromatic carbocycles. The first-order chi connectivity index (χ1) is 11.4. The Kier molecular flexibility index (Phi) is 5.96. The fraction of sp³-hybridized carbons (Fsp3) is 0.400. The molecule has 4 nitrogen and oxygen atoms in total. The summed E-state index contributed by atoms with van der Waals surface area (Å²) in [6.07, 6.45) is 1.75. The average Bonchev–Trinajstić information content (AvgIpc) is 2.55. The molecule has 2 atom stereocenters. The number of phenols is 2. The van der Waals surface area contributed by atoms with Crippen LogP contribution in [0.1, 0.15) is 25.0 Å². The molecule has 130 valence electrons. The van der Waals surface area contributed by atoms with E-state index in [1.807, 2.05) is 12.1 Å². The molecule has 0 fully saturated rings. The number of methoxy groups -OCH3 is 2. The van der Waals surface area contributed by atoms with Crippen LogP contribution in [0.15, 0.2) is 36.4 Å². The van der Waals surface area contributed by atoms with Crippen LogP contribution in [-0.4, -0.2) is 24.4 Å². The maximum Gasteiger partial charge on any atom is 0.160 e. The third-order valence-electron chi connectivity index (χ3n) is 4.57. The molecule has 2 N–H and O–H groups in total. The highest BCUT2D eigenvalue weighted by atomic mass is 16.5. The summed E-state index contributed by atoms with van der Waals surface area (Å²) in [7, 11) is 3.09. The number of benzene rings is 2. The van der Waals surface area contributed by atoms with Crippen molar-refractivity contribution < 1.29 is 19.7 Å². The molecule has 4 heteroatoms. The fourth-order valence-corrected chi connectivity index (χ4v) is 2.87. The maximum absolute atomic E-state index is 9.89. The van der Waals surface area contributed by atoms with E-state index < -0.39 is 0 Å². The normalized spacial score (nSPS) is 13.3. The molecule has 0 amide bonds. The van der Waals surface area contributed by atoms with Crippen LogP contribution in [0.2, 0.25) is 0 Å². The van der Waals surface area contributed by atoms with E-state index in [-0.39, 0.29) is 11.5 Å². The van der Waals surface area contributed by atoms with Crippen molar-refractivity contribution in [2.75, 3.05) is 14.2 Å². The molecule has 0 aliphatic heterocycles. The number of phenolic OH excluding ortho intramolecular Hbond substituents is 2. The Balaban J connectivity index is 2.00. The van der Waals surface area contributed by atoms with E-state index in [1.54, 1.807) is 38.5 Å². The van der Waals surface area contributed by atoms with Crippen LogP contribution < -0.4 is 9.47 Å². The van der Waals surface area contributed by atoms with Crippen LogP contribution in [0, 0.1) is 11.8 Å². The SMILES string of the molecule is COc1ccc(C[C@@H](C)[C@H](C)Cc2ccc(OC)c(O)c2)cc1O. The Bertz CT molecular complexity index is 622. The van der Waals surface area contributed by atoms with Gasteiger partial charge in [-0.2, -0.15) is 0 Å². The Hall–Kier alpha value is -2.36. The molecule has 0 bridgehead atoms. The lowest BCUT2D eigenvalue weighted by Gasteiger charge is -2.21. The molecule has 0 heterocycles. The van der Waals surface area contributed by atoms with Gasteiger partial charge in [0.25, 0.3) is 0 Å². The molecule has 0 spiro atoms. The van der Waals surface area contributed by atoms with E-state index in [1.165, 1.54) is 0 Å². The largest absolute Gasteiger partial charge is 0.504 e. The molecule has 0 aliphatic rings. The lowest BCUT2D eigenvalue weighted by molar-refractivity contribution is 0.365. The lowest BCUT2D eigenvalue weighted by atomic mass is 9.85. The van der Waals surface area contributed by atoms with Crippen LogP contribution in [0.5, 0.6) is 23.0 Å². The second-order valence-corrected chi connectivity index (χ2v) is 6.38. The first-order valence-corrected chi connectivity index (χ1v) is 8.16. The molecule has 0 aromatic heterocycles. The Morgan fingerprint density at radius 3 is 1.42 bits per heavy atom. The van der Waals surface area contributed by atoms with Gasteiger partial charge in [0.05, 0.1) is 14.2 Å². The van der Waals surface area contributed by atoms with Gasteiger partial charge < -0.3 is 19.7 Å². The minimum absolute atomic E-state index is 0.176. The predicted molar refractivity (Wildman–Crippen MR) is 95.1 cm³/mol. The zero-order chi connectivity index (χ0) is 17.7. The van der Waals surface area contributed by atoms with E-state index in [9.17, 15) is 10.2 Å². The van der Waals surface area contributed by atoms with Gasteiger partial charge >= 0.3 is 0 Å². The summed E-state index contributed by atoms with van der Waals surface area (Å²) in [6, 6.07) is 11.1. The number of hydrogen-bond acceptors (Lipinski definition) is 4. The zero-order valence-corrected chi connectivity index (χ0v) is 14.7. The summed E-state index contributed by atoms with van der Waals surface area (Å²) >= 11 is 0. The highest BCUT2D eigenvalue weighted by Gasteiger charge is 2.15. The van der Waals surface area contributed by atoms with Crippen molar-refractivity contribution >= 4 is 0 Å². The van der Waals surface area contributed by atoms with Crippen molar-refractivity contribution in [3.63, 3.8) is 0 Å². The van der Waals surface area contributed by atoms with Gasteiger partial charge in [-0.1, -0.05) is 26.0 Å². The second kappa shape index (κ2) is 7.95. The van der Waals surface area contributed by atoms with Crippen molar-refractivity contribution in [3.05, 3.63) is 47.5 Å². The quantitative estimate of drug-likeness (QED) is 0.800. The van der Waals surface area contributed by atoms with Crippen molar-refractivity contribution in [2.45, 2.75) is 26.7 Å². The third kappa shape index (κ3) is 4.34. The second-order valence-electron chi connectivity index (χ2n) is 6.38. The zero-order valence-electron chi connectivity index (χ0n) is 14.7. The predicted octanol–water partition coefficient (Wildman–Crippen LogP) is 4.17. The van der Waals surface area contributed by atoms with E-state index in [4.69, 9.17) is 9.47 Å². The summed E-state index contributed by atoms with van der Waals surface area (Å²) < 4.78 is 10.2. The summed E-state index contributed by atoms with van der Waals surface area (Å²) in [5.41, 5.74) is 2.18. The van der Waals surface area contributed by atoms with Gasteiger partial charge in [0.1, 0.15) is 0 Å². The molecular weight excluding hydrogens is 304 g/mol. The van der Waals surface area contributed by atoms with E-state index in [0.29, 0.717) is 23.3 Å². The van der Waals surface area contributed by atoms with Crippen LogP contribution in [0.3, 0.4) is 0 Å². The van der Waals surface area contributed by atoms with Crippen LogP contribution in [0.25, 0.3) is 0 Å². The lowest BCUT2D eigenvalue weighted by Crippen LogP contribution is -2.13. The molecule has 2 rings (SSSR count). The molecule has 24 heavy (non-hydrogen) atoms. The Labute approximate surface area is 143 Å². The maximum atomic E-state index is 9.89. The molecule has 0 saturated heterocycles. The van der Waals surface area contributed by atoms with E-state index >= 15 is 0 Å². The number of rotatable bonds is 7. The average molecular weight is 330 g/mol. The van der Waals surface area contributed by atoms with Gasteiger partial charge in [-0.05, 0) is 60.1 Å². The molecular formula is C20H26O4. The van der Waals surface area contributed by atoms with Crippen molar-refractivity contribution in [1.29, 1.82) is 0 Å². The molecule has 0 unspecified atom stereocenters. The smallest absolute Gasteiger partial charge is 0.160 e. The van der Waals surface area contributed by atoms with Crippen molar-refractivity contribution in [3.8, 4) is 23.0 Å². The van der Waals surface area contributed by atoms with Gasteiger partial charge in [-0.3, -0.25) is 0 Å². The standard InChI is InChI=1S/C20H26O4/c1-13(9-15-5-7-19(23-3)17(21)11-15)14(2)10-16-6-8-20(24-4)18(22)12-16/h5-8,11-14,21-22H,9-10H2,1-4H3/t13-,14-/m1/s1. The van der Waals surface area contributed by atoms with Gasteiger partial charge in [0.2, 0.25) is 0 Å². The van der Waals surface area contributed by atoms with E-state index in [2.05, 4.69) is 13.8 Å². The first-order valence-electron chi connectivity index (χ1n) is 8.16. The first kappa shape index (κ1) is 18.0. The van der Waals surface area contributed by atoms with Crippen LogP contribution in [0.4, 0.5) is 0 Å². The summed E-state index contributed by atoms with van der Waals surface area (Å²) in [5.74, 6) is 2.20. The molecule has 2 aromatic rings. The van der Waals surface area contributed by atoms with Crippen LogP contribution in [-0.2, 0) is 12.8 Å². The number of aromatic hydroxyl groups is 2. The summed E-state index contributed by atoms with van der Waals surface area (Å²) in [5, 5.41) is 19.8.